The van der Waals surface area contributed by atoms with Crippen LogP contribution in [0.5, 0.6) is 0 Å². The highest BCUT2D eigenvalue weighted by Gasteiger charge is 2.22. The van der Waals surface area contributed by atoms with Gasteiger partial charge in [0.2, 0.25) is 5.91 Å². The Bertz CT molecular complexity index is 211. The quantitative estimate of drug-likeness (QED) is 0.652. The van der Waals surface area contributed by atoms with Gasteiger partial charge in [0.25, 0.3) is 0 Å². The van der Waals surface area contributed by atoms with Crippen molar-refractivity contribution in [3.63, 3.8) is 0 Å². The molecule has 17 heavy (non-hydrogen) atoms. The molecule has 1 aliphatic rings. The van der Waals surface area contributed by atoms with Crippen LogP contribution in [0.15, 0.2) is 0 Å². The summed E-state index contributed by atoms with van der Waals surface area (Å²) in [5, 5.41) is 6.10. The SMILES string of the molecule is COCCOCC(C)NC(=O)C1CCCN1.Cl. The van der Waals surface area contributed by atoms with Crippen LogP contribution in [0.3, 0.4) is 0 Å². The second-order valence-electron chi connectivity index (χ2n) is 4.13. The van der Waals surface area contributed by atoms with E-state index in [0.717, 1.165) is 19.4 Å². The minimum absolute atomic E-state index is 0. The first-order valence-corrected chi connectivity index (χ1v) is 5.84. The van der Waals surface area contributed by atoms with Gasteiger partial charge in [0.1, 0.15) is 0 Å². The number of rotatable bonds is 7. The average Bonchev–Trinajstić information content (AvgIpc) is 2.77. The molecular weight excluding hydrogens is 244 g/mol. The lowest BCUT2D eigenvalue weighted by atomic mass is 10.2. The zero-order valence-corrected chi connectivity index (χ0v) is 11.3. The molecule has 1 saturated heterocycles. The van der Waals surface area contributed by atoms with E-state index in [1.54, 1.807) is 7.11 Å². The standard InChI is InChI=1S/C11H22N2O3.ClH/c1-9(8-16-7-6-15-2)13-11(14)10-4-3-5-12-10;/h9-10,12H,3-8H2,1-2H3,(H,13,14);1H. The number of halogens is 1. The summed E-state index contributed by atoms with van der Waals surface area (Å²) in [4.78, 5) is 11.7. The van der Waals surface area contributed by atoms with Crippen LogP contribution in [0.2, 0.25) is 0 Å². The van der Waals surface area contributed by atoms with E-state index in [0.29, 0.717) is 19.8 Å². The molecule has 0 aromatic carbocycles. The number of ether oxygens (including phenoxy) is 2. The predicted octanol–water partition coefficient (Wildman–Crippen LogP) is 0.328. The van der Waals surface area contributed by atoms with Crippen LogP contribution in [0, 0.1) is 0 Å². The lowest BCUT2D eigenvalue weighted by molar-refractivity contribution is -0.123. The largest absolute Gasteiger partial charge is 0.382 e. The highest BCUT2D eigenvalue weighted by atomic mass is 35.5. The van der Waals surface area contributed by atoms with Crippen molar-refractivity contribution < 1.29 is 14.3 Å². The van der Waals surface area contributed by atoms with Crippen molar-refractivity contribution in [1.82, 2.24) is 10.6 Å². The molecule has 0 aromatic rings. The fourth-order valence-electron chi connectivity index (χ4n) is 1.70. The van der Waals surface area contributed by atoms with E-state index in [1.165, 1.54) is 0 Å². The van der Waals surface area contributed by atoms with Gasteiger partial charge in [0.15, 0.2) is 0 Å². The van der Waals surface area contributed by atoms with Crippen molar-refractivity contribution in [2.75, 3.05) is 33.5 Å². The van der Waals surface area contributed by atoms with Gasteiger partial charge in [-0.3, -0.25) is 4.79 Å². The fraction of sp³-hybridized carbons (Fsp3) is 0.909. The monoisotopic (exact) mass is 266 g/mol. The summed E-state index contributed by atoms with van der Waals surface area (Å²) in [6, 6.07) is 0.0354. The van der Waals surface area contributed by atoms with Crippen LogP contribution < -0.4 is 10.6 Å². The number of hydrogen-bond donors (Lipinski definition) is 2. The number of carbonyl (C=O) groups is 1. The third-order valence-electron chi connectivity index (χ3n) is 2.57. The minimum Gasteiger partial charge on any atom is -0.382 e. The Hall–Kier alpha value is -0.360. The molecule has 0 saturated carbocycles. The van der Waals surface area contributed by atoms with Gasteiger partial charge in [-0.05, 0) is 26.3 Å². The molecule has 1 amide bonds. The molecule has 0 aromatic heterocycles. The highest BCUT2D eigenvalue weighted by Crippen LogP contribution is 2.04. The lowest BCUT2D eigenvalue weighted by Gasteiger charge is -2.17. The van der Waals surface area contributed by atoms with Crippen molar-refractivity contribution in [1.29, 1.82) is 0 Å². The Kier molecular flexibility index (Phi) is 9.44. The maximum absolute atomic E-state index is 11.7. The van der Waals surface area contributed by atoms with E-state index in [9.17, 15) is 4.79 Å². The van der Waals surface area contributed by atoms with Gasteiger partial charge in [0, 0.05) is 13.2 Å². The van der Waals surface area contributed by atoms with Crippen LogP contribution >= 0.6 is 12.4 Å². The average molecular weight is 267 g/mol. The first-order valence-electron chi connectivity index (χ1n) is 5.84. The van der Waals surface area contributed by atoms with Crippen molar-refractivity contribution >= 4 is 18.3 Å². The summed E-state index contributed by atoms with van der Waals surface area (Å²) in [5.74, 6) is 0.0836. The Labute approximate surface area is 109 Å². The third-order valence-corrected chi connectivity index (χ3v) is 2.57. The zero-order chi connectivity index (χ0) is 11.8. The first kappa shape index (κ1) is 16.6. The lowest BCUT2D eigenvalue weighted by Crippen LogP contribution is -2.45. The Morgan fingerprint density at radius 2 is 2.29 bits per heavy atom. The van der Waals surface area contributed by atoms with Gasteiger partial charge < -0.3 is 20.1 Å². The van der Waals surface area contributed by atoms with Crippen LogP contribution in [-0.4, -0.2) is 51.5 Å². The Morgan fingerprint density at radius 3 is 2.88 bits per heavy atom. The number of nitrogens with one attached hydrogen (secondary N) is 2. The molecule has 1 fully saturated rings. The fourth-order valence-corrected chi connectivity index (χ4v) is 1.70. The summed E-state index contributed by atoms with van der Waals surface area (Å²) < 4.78 is 10.2. The summed E-state index contributed by atoms with van der Waals surface area (Å²) in [7, 11) is 1.64. The van der Waals surface area contributed by atoms with E-state index in [1.807, 2.05) is 6.92 Å². The van der Waals surface area contributed by atoms with Gasteiger partial charge >= 0.3 is 0 Å². The molecule has 1 aliphatic heterocycles. The topological polar surface area (TPSA) is 59.6 Å². The molecule has 0 bridgehead atoms. The molecule has 102 valence electrons. The molecule has 0 spiro atoms. The molecule has 5 nitrogen and oxygen atoms in total. The molecule has 1 rings (SSSR count). The molecule has 2 N–H and O–H groups in total. The third kappa shape index (κ3) is 6.83. The Morgan fingerprint density at radius 1 is 1.53 bits per heavy atom. The minimum atomic E-state index is -0.0126. The maximum Gasteiger partial charge on any atom is 0.237 e. The second-order valence-corrected chi connectivity index (χ2v) is 4.13. The van der Waals surface area contributed by atoms with E-state index in [2.05, 4.69) is 10.6 Å². The van der Waals surface area contributed by atoms with Gasteiger partial charge in [0.05, 0.1) is 25.9 Å². The van der Waals surface area contributed by atoms with E-state index in [4.69, 9.17) is 9.47 Å². The predicted molar refractivity (Wildman–Crippen MR) is 68.6 cm³/mol. The van der Waals surface area contributed by atoms with Gasteiger partial charge in [-0.25, -0.2) is 0 Å². The van der Waals surface area contributed by atoms with Crippen molar-refractivity contribution in [3.05, 3.63) is 0 Å². The molecule has 2 atom stereocenters. The number of methoxy groups -OCH3 is 1. The molecule has 0 radical (unpaired) electrons. The van der Waals surface area contributed by atoms with Crippen LogP contribution in [0.1, 0.15) is 19.8 Å². The number of carbonyl (C=O) groups excluding carboxylic acids is 1. The summed E-state index contributed by atoms with van der Waals surface area (Å²) >= 11 is 0. The molecule has 1 heterocycles. The number of hydrogen-bond acceptors (Lipinski definition) is 4. The molecule has 0 aliphatic carbocycles. The maximum atomic E-state index is 11.7. The number of amides is 1. The van der Waals surface area contributed by atoms with Crippen LogP contribution in [0.25, 0.3) is 0 Å². The summed E-state index contributed by atoms with van der Waals surface area (Å²) in [6.07, 6.45) is 2.01. The highest BCUT2D eigenvalue weighted by molar-refractivity contribution is 5.85. The molecule has 2 unspecified atom stereocenters. The van der Waals surface area contributed by atoms with Crippen molar-refractivity contribution in [3.8, 4) is 0 Å². The van der Waals surface area contributed by atoms with Crippen LogP contribution in [-0.2, 0) is 14.3 Å². The normalized spacial score (nSPS) is 20.7. The summed E-state index contributed by atoms with van der Waals surface area (Å²) in [5.41, 5.74) is 0. The van der Waals surface area contributed by atoms with E-state index in [-0.39, 0.29) is 30.4 Å². The molecular formula is C11H23ClN2O3. The van der Waals surface area contributed by atoms with E-state index >= 15 is 0 Å². The summed E-state index contributed by atoms with van der Waals surface area (Å²) in [6.45, 7) is 4.57. The zero-order valence-electron chi connectivity index (χ0n) is 10.5. The van der Waals surface area contributed by atoms with Gasteiger partial charge in [-0.1, -0.05) is 0 Å². The second kappa shape index (κ2) is 9.65. The Balaban J connectivity index is 0.00000256. The van der Waals surface area contributed by atoms with Crippen LogP contribution in [0.4, 0.5) is 0 Å². The van der Waals surface area contributed by atoms with Crippen molar-refractivity contribution in [2.24, 2.45) is 0 Å². The van der Waals surface area contributed by atoms with E-state index < -0.39 is 0 Å². The molecule has 6 heteroatoms. The van der Waals surface area contributed by atoms with Gasteiger partial charge in [-0.2, -0.15) is 0 Å². The smallest absolute Gasteiger partial charge is 0.237 e. The first-order chi connectivity index (χ1) is 7.74. The van der Waals surface area contributed by atoms with Crippen molar-refractivity contribution in [2.45, 2.75) is 31.8 Å². The van der Waals surface area contributed by atoms with Gasteiger partial charge in [-0.15, -0.1) is 12.4 Å².